The van der Waals surface area contributed by atoms with E-state index in [1.807, 2.05) is 23.1 Å². The lowest BCUT2D eigenvalue weighted by atomic mass is 10.2. The summed E-state index contributed by atoms with van der Waals surface area (Å²) in [6.45, 7) is 1.30. The third-order valence-electron chi connectivity index (χ3n) is 3.70. The van der Waals surface area contributed by atoms with Crippen LogP contribution in [0.4, 0.5) is 15.8 Å². The Morgan fingerprint density at radius 3 is 2.71 bits per heavy atom. The van der Waals surface area contributed by atoms with Crippen molar-refractivity contribution < 1.29 is 9.18 Å². The number of anilines is 2. The molecule has 1 aliphatic rings. The fraction of sp³-hybridized carbons (Fsp3) is 0.235. The average molecular weight is 284 g/mol. The predicted octanol–water partition coefficient (Wildman–Crippen LogP) is 3.22. The van der Waals surface area contributed by atoms with Crippen LogP contribution in [0.3, 0.4) is 0 Å². The molecule has 0 saturated carbocycles. The highest BCUT2D eigenvalue weighted by Crippen LogP contribution is 2.27. The van der Waals surface area contributed by atoms with Crippen LogP contribution >= 0.6 is 0 Å². The lowest BCUT2D eigenvalue weighted by molar-refractivity contribution is -0.118. The van der Waals surface area contributed by atoms with Gasteiger partial charge in [-0.3, -0.25) is 4.79 Å². The number of para-hydroxylation sites is 1. The van der Waals surface area contributed by atoms with Gasteiger partial charge >= 0.3 is 0 Å². The van der Waals surface area contributed by atoms with Gasteiger partial charge in [-0.25, -0.2) is 4.39 Å². The first-order valence-electron chi connectivity index (χ1n) is 7.12. The van der Waals surface area contributed by atoms with Crippen LogP contribution in [0.5, 0.6) is 0 Å². The number of fused-ring (bicyclic) bond motifs is 1. The molecule has 0 bridgehead atoms. The summed E-state index contributed by atoms with van der Waals surface area (Å²) >= 11 is 0. The van der Waals surface area contributed by atoms with E-state index in [1.165, 1.54) is 17.7 Å². The molecule has 21 heavy (non-hydrogen) atoms. The first kappa shape index (κ1) is 13.6. The quantitative estimate of drug-likeness (QED) is 0.935. The van der Waals surface area contributed by atoms with E-state index in [2.05, 4.69) is 11.4 Å². The Balaban J connectivity index is 1.54. The third kappa shape index (κ3) is 3.05. The standard InChI is InChI=1S/C17H17FN2O/c18-14-5-7-15(8-6-14)19-11-9-17(21)20-12-10-13-3-1-2-4-16(13)20/h1-8,19H,9-12H2. The Hall–Kier alpha value is -2.36. The topological polar surface area (TPSA) is 32.3 Å². The van der Waals surface area contributed by atoms with Gasteiger partial charge in [0.25, 0.3) is 0 Å². The van der Waals surface area contributed by atoms with Crippen molar-refractivity contribution in [2.75, 3.05) is 23.3 Å². The van der Waals surface area contributed by atoms with Gasteiger partial charge in [0.2, 0.25) is 5.91 Å². The van der Waals surface area contributed by atoms with Gasteiger partial charge in [-0.2, -0.15) is 0 Å². The summed E-state index contributed by atoms with van der Waals surface area (Å²) in [5.41, 5.74) is 3.09. The van der Waals surface area contributed by atoms with Crippen LogP contribution < -0.4 is 10.2 Å². The van der Waals surface area contributed by atoms with Gasteiger partial charge in [-0.05, 0) is 42.3 Å². The molecule has 0 aliphatic carbocycles. The minimum absolute atomic E-state index is 0.120. The number of hydrogen-bond acceptors (Lipinski definition) is 2. The zero-order chi connectivity index (χ0) is 14.7. The first-order chi connectivity index (χ1) is 10.2. The zero-order valence-corrected chi connectivity index (χ0v) is 11.7. The molecule has 0 radical (unpaired) electrons. The van der Waals surface area contributed by atoms with Crippen molar-refractivity contribution >= 4 is 17.3 Å². The minimum atomic E-state index is -0.259. The Bertz CT molecular complexity index is 639. The van der Waals surface area contributed by atoms with Crippen molar-refractivity contribution in [3.63, 3.8) is 0 Å². The summed E-state index contributed by atoms with van der Waals surface area (Å²) in [4.78, 5) is 14.1. The van der Waals surface area contributed by atoms with Crippen LogP contribution in [-0.2, 0) is 11.2 Å². The number of carbonyl (C=O) groups is 1. The van der Waals surface area contributed by atoms with Crippen molar-refractivity contribution in [1.82, 2.24) is 0 Å². The van der Waals surface area contributed by atoms with E-state index in [9.17, 15) is 9.18 Å². The number of nitrogens with zero attached hydrogens (tertiary/aromatic N) is 1. The number of rotatable bonds is 4. The number of carbonyl (C=O) groups excluding carboxylic acids is 1. The number of nitrogens with one attached hydrogen (secondary N) is 1. The van der Waals surface area contributed by atoms with E-state index >= 15 is 0 Å². The summed E-state index contributed by atoms with van der Waals surface area (Å²) < 4.78 is 12.8. The SMILES string of the molecule is O=C(CCNc1ccc(F)cc1)N1CCc2ccccc21. The zero-order valence-electron chi connectivity index (χ0n) is 11.7. The van der Waals surface area contributed by atoms with Crippen LogP contribution in [-0.4, -0.2) is 19.0 Å². The molecule has 1 aliphatic heterocycles. The van der Waals surface area contributed by atoms with Crippen molar-refractivity contribution in [1.29, 1.82) is 0 Å². The molecular formula is C17H17FN2O. The smallest absolute Gasteiger partial charge is 0.228 e. The number of hydrogen-bond donors (Lipinski definition) is 1. The molecule has 108 valence electrons. The van der Waals surface area contributed by atoms with E-state index in [0.717, 1.165) is 24.3 Å². The van der Waals surface area contributed by atoms with Gasteiger partial charge in [0.1, 0.15) is 5.82 Å². The third-order valence-corrected chi connectivity index (χ3v) is 3.70. The van der Waals surface area contributed by atoms with Crippen molar-refractivity contribution in [2.45, 2.75) is 12.8 Å². The summed E-state index contributed by atoms with van der Waals surface area (Å²) in [6.07, 6.45) is 1.35. The second-order valence-corrected chi connectivity index (χ2v) is 5.11. The Morgan fingerprint density at radius 1 is 1.14 bits per heavy atom. The average Bonchev–Trinajstić information content (AvgIpc) is 2.93. The maximum Gasteiger partial charge on any atom is 0.228 e. The molecule has 0 spiro atoms. The molecule has 2 aromatic carbocycles. The van der Waals surface area contributed by atoms with Crippen LogP contribution in [0.1, 0.15) is 12.0 Å². The molecule has 0 fully saturated rings. The van der Waals surface area contributed by atoms with Gasteiger partial charge in [-0.15, -0.1) is 0 Å². The lowest BCUT2D eigenvalue weighted by Crippen LogP contribution is -2.30. The van der Waals surface area contributed by atoms with Crippen LogP contribution in [0.2, 0.25) is 0 Å². The maximum absolute atomic E-state index is 12.8. The molecule has 1 heterocycles. The molecule has 0 atom stereocenters. The Kier molecular flexibility index (Phi) is 3.86. The lowest BCUT2D eigenvalue weighted by Gasteiger charge is -2.17. The summed E-state index contributed by atoms with van der Waals surface area (Å²) in [5.74, 6) is -0.139. The highest BCUT2D eigenvalue weighted by Gasteiger charge is 2.23. The van der Waals surface area contributed by atoms with E-state index in [1.54, 1.807) is 12.1 Å². The normalized spacial score (nSPS) is 13.1. The minimum Gasteiger partial charge on any atom is -0.385 e. The molecule has 3 nitrogen and oxygen atoms in total. The highest BCUT2D eigenvalue weighted by molar-refractivity contribution is 5.95. The predicted molar refractivity (Wildman–Crippen MR) is 82.0 cm³/mol. The van der Waals surface area contributed by atoms with E-state index in [0.29, 0.717) is 13.0 Å². The maximum atomic E-state index is 12.8. The number of halogens is 1. The van der Waals surface area contributed by atoms with Gasteiger partial charge in [0.05, 0.1) is 0 Å². The summed E-state index contributed by atoms with van der Waals surface area (Å²) in [7, 11) is 0. The molecule has 4 heteroatoms. The van der Waals surface area contributed by atoms with Crippen LogP contribution in [0.15, 0.2) is 48.5 Å². The van der Waals surface area contributed by atoms with E-state index in [4.69, 9.17) is 0 Å². The van der Waals surface area contributed by atoms with Crippen LogP contribution in [0.25, 0.3) is 0 Å². The van der Waals surface area contributed by atoms with Gasteiger partial charge < -0.3 is 10.2 Å². The second kappa shape index (κ2) is 5.95. The van der Waals surface area contributed by atoms with Gasteiger partial charge in [-0.1, -0.05) is 18.2 Å². The van der Waals surface area contributed by atoms with Crippen molar-refractivity contribution in [3.8, 4) is 0 Å². The molecule has 1 N–H and O–H groups in total. The van der Waals surface area contributed by atoms with Gasteiger partial charge in [0.15, 0.2) is 0 Å². The first-order valence-corrected chi connectivity index (χ1v) is 7.12. The number of benzene rings is 2. The van der Waals surface area contributed by atoms with E-state index in [-0.39, 0.29) is 11.7 Å². The summed E-state index contributed by atoms with van der Waals surface area (Å²) in [5, 5.41) is 3.14. The van der Waals surface area contributed by atoms with Crippen molar-refractivity contribution in [2.24, 2.45) is 0 Å². The molecule has 0 aromatic heterocycles. The molecule has 0 unspecified atom stereocenters. The second-order valence-electron chi connectivity index (χ2n) is 5.11. The monoisotopic (exact) mass is 284 g/mol. The van der Waals surface area contributed by atoms with Gasteiger partial charge in [0, 0.05) is 30.9 Å². The van der Waals surface area contributed by atoms with E-state index < -0.39 is 0 Å². The van der Waals surface area contributed by atoms with Crippen molar-refractivity contribution in [3.05, 3.63) is 59.9 Å². The molecule has 2 aromatic rings. The summed E-state index contributed by atoms with van der Waals surface area (Å²) in [6, 6.07) is 14.2. The Morgan fingerprint density at radius 2 is 1.90 bits per heavy atom. The number of amides is 1. The molecule has 3 rings (SSSR count). The highest BCUT2D eigenvalue weighted by atomic mass is 19.1. The molecule has 0 saturated heterocycles. The fourth-order valence-electron chi connectivity index (χ4n) is 2.61. The largest absolute Gasteiger partial charge is 0.385 e. The van der Waals surface area contributed by atoms with Crippen LogP contribution in [0, 0.1) is 5.82 Å². The molecule has 1 amide bonds. The molecular weight excluding hydrogens is 267 g/mol. The fourth-order valence-corrected chi connectivity index (χ4v) is 2.61. The Labute approximate surface area is 123 Å².